The lowest BCUT2D eigenvalue weighted by Gasteiger charge is -2.27. The number of aromatic nitrogens is 1. The minimum absolute atomic E-state index is 0.0609. The van der Waals surface area contributed by atoms with Crippen LogP contribution in [-0.4, -0.2) is 52.9 Å². The predicted molar refractivity (Wildman–Crippen MR) is 108 cm³/mol. The molecular weight excluding hydrogens is 370 g/mol. The molecule has 7 heteroatoms. The van der Waals surface area contributed by atoms with Gasteiger partial charge in [-0.2, -0.15) is 0 Å². The third-order valence-corrected chi connectivity index (χ3v) is 5.46. The molecule has 1 aliphatic heterocycles. The van der Waals surface area contributed by atoms with Crippen molar-refractivity contribution in [2.24, 2.45) is 0 Å². The molecular formula is C22H28N3O4+. The van der Waals surface area contributed by atoms with Gasteiger partial charge in [0.2, 0.25) is 5.78 Å². The zero-order valence-corrected chi connectivity index (χ0v) is 17.1. The molecule has 2 N–H and O–H groups in total. The first-order valence-corrected chi connectivity index (χ1v) is 10.1. The van der Waals surface area contributed by atoms with Gasteiger partial charge in [0.05, 0.1) is 31.2 Å². The van der Waals surface area contributed by atoms with Crippen molar-refractivity contribution in [3.8, 4) is 0 Å². The van der Waals surface area contributed by atoms with Crippen LogP contribution in [0.1, 0.15) is 48.2 Å². The van der Waals surface area contributed by atoms with Crippen molar-refractivity contribution in [3.63, 3.8) is 0 Å². The Morgan fingerprint density at radius 1 is 1.21 bits per heavy atom. The van der Waals surface area contributed by atoms with Crippen molar-refractivity contribution in [1.29, 1.82) is 0 Å². The highest BCUT2D eigenvalue weighted by Gasteiger charge is 2.44. The molecule has 0 saturated heterocycles. The second-order valence-corrected chi connectivity index (χ2v) is 7.24. The number of aliphatic hydroxyl groups excluding tert-OH is 1. The highest BCUT2D eigenvalue weighted by molar-refractivity contribution is 6.15. The molecule has 3 rings (SSSR count). The summed E-state index contributed by atoms with van der Waals surface area (Å²) in [5.41, 5.74) is 0.796. The van der Waals surface area contributed by atoms with Gasteiger partial charge in [0.15, 0.2) is 11.5 Å². The maximum absolute atomic E-state index is 13.1. The Balaban J connectivity index is 1.91. The van der Waals surface area contributed by atoms with Gasteiger partial charge >= 0.3 is 0 Å². The average molecular weight is 398 g/mol. The number of aryl methyl sites for hydroxylation is 1. The summed E-state index contributed by atoms with van der Waals surface area (Å²) in [6.45, 7) is 9.42. The van der Waals surface area contributed by atoms with E-state index in [1.807, 2.05) is 0 Å². The molecule has 7 nitrogen and oxygen atoms in total. The smallest absolute Gasteiger partial charge is 0.290 e. The second-order valence-electron chi connectivity index (χ2n) is 7.24. The van der Waals surface area contributed by atoms with Crippen molar-refractivity contribution < 1.29 is 24.0 Å². The summed E-state index contributed by atoms with van der Waals surface area (Å²) in [5, 5.41) is 10.6. The molecule has 3 heterocycles. The monoisotopic (exact) mass is 398 g/mol. The fourth-order valence-electron chi connectivity index (χ4n) is 3.80. The number of carbonyl (C=O) groups excluding carboxylic acids is 2. The van der Waals surface area contributed by atoms with Gasteiger partial charge in [-0.1, -0.05) is 0 Å². The number of rotatable bonds is 9. The fourth-order valence-corrected chi connectivity index (χ4v) is 3.80. The number of carbonyl (C=O) groups is 2. The largest absolute Gasteiger partial charge is 0.503 e. The van der Waals surface area contributed by atoms with E-state index >= 15 is 0 Å². The summed E-state index contributed by atoms with van der Waals surface area (Å²) >= 11 is 0. The molecule has 2 aromatic heterocycles. The van der Waals surface area contributed by atoms with Crippen molar-refractivity contribution >= 4 is 11.7 Å². The number of Topliss-reactive ketones (excluding diaryl/α,β-unsaturated/α-hetero) is 1. The van der Waals surface area contributed by atoms with Gasteiger partial charge < -0.3 is 19.3 Å². The summed E-state index contributed by atoms with van der Waals surface area (Å²) in [5.74, 6) is -0.778. The highest BCUT2D eigenvalue weighted by Crippen LogP contribution is 2.38. The Morgan fingerprint density at radius 2 is 1.90 bits per heavy atom. The van der Waals surface area contributed by atoms with Gasteiger partial charge in [-0.05, 0) is 50.6 Å². The molecule has 2 aromatic rings. The van der Waals surface area contributed by atoms with Crippen molar-refractivity contribution in [2.75, 3.05) is 26.2 Å². The minimum Gasteiger partial charge on any atom is -0.503 e. The van der Waals surface area contributed by atoms with Gasteiger partial charge in [0.1, 0.15) is 5.76 Å². The number of quaternary nitrogens is 1. The predicted octanol–water partition coefficient (Wildman–Crippen LogP) is 1.88. The molecule has 154 valence electrons. The minimum atomic E-state index is -0.657. The zero-order valence-electron chi connectivity index (χ0n) is 17.1. The van der Waals surface area contributed by atoms with Crippen LogP contribution < -0.4 is 4.90 Å². The van der Waals surface area contributed by atoms with Gasteiger partial charge in [0.25, 0.3) is 5.91 Å². The van der Waals surface area contributed by atoms with Crippen molar-refractivity contribution in [2.45, 2.75) is 33.2 Å². The summed E-state index contributed by atoms with van der Waals surface area (Å²) in [4.78, 5) is 33.0. The van der Waals surface area contributed by atoms with E-state index in [4.69, 9.17) is 4.42 Å². The Hall–Kier alpha value is -2.93. The highest BCUT2D eigenvalue weighted by atomic mass is 16.3. The molecule has 0 radical (unpaired) electrons. The van der Waals surface area contributed by atoms with E-state index in [1.54, 1.807) is 48.5 Å². The van der Waals surface area contributed by atoms with Gasteiger partial charge in [-0.15, -0.1) is 0 Å². The Morgan fingerprint density at radius 3 is 2.48 bits per heavy atom. The molecule has 0 unspecified atom stereocenters. The third-order valence-electron chi connectivity index (χ3n) is 5.46. The molecule has 0 bridgehead atoms. The Bertz CT molecular complexity index is 900. The molecule has 0 aromatic carbocycles. The molecule has 0 spiro atoms. The second kappa shape index (κ2) is 9.05. The lowest BCUT2D eigenvalue weighted by molar-refractivity contribution is -0.896. The summed E-state index contributed by atoms with van der Waals surface area (Å²) in [6.07, 6.45) is 4.01. The summed E-state index contributed by atoms with van der Waals surface area (Å²) in [7, 11) is 0. The molecule has 1 atom stereocenters. The van der Waals surface area contributed by atoms with Crippen LogP contribution in [-0.2, 0) is 4.79 Å². The number of hydrogen-bond acceptors (Lipinski definition) is 5. The van der Waals surface area contributed by atoms with Gasteiger partial charge in [-0.3, -0.25) is 14.6 Å². The lowest BCUT2D eigenvalue weighted by atomic mass is 9.96. The summed E-state index contributed by atoms with van der Waals surface area (Å²) < 4.78 is 5.46. The zero-order chi connectivity index (χ0) is 21.0. The topological polar surface area (TPSA) is 88.1 Å². The van der Waals surface area contributed by atoms with Crippen LogP contribution in [0.5, 0.6) is 0 Å². The average Bonchev–Trinajstić information content (AvgIpc) is 3.28. The van der Waals surface area contributed by atoms with Crippen LogP contribution in [0.15, 0.2) is 52.4 Å². The molecule has 1 amide bonds. The van der Waals surface area contributed by atoms with Crippen LogP contribution in [0.25, 0.3) is 0 Å². The Kier molecular flexibility index (Phi) is 6.49. The van der Waals surface area contributed by atoms with Crippen molar-refractivity contribution in [3.05, 3.63) is 65.1 Å². The number of nitrogens with zero attached hydrogens (tertiary/aromatic N) is 2. The van der Waals surface area contributed by atoms with Gasteiger partial charge in [-0.25, -0.2) is 0 Å². The van der Waals surface area contributed by atoms with E-state index in [0.29, 0.717) is 12.3 Å². The van der Waals surface area contributed by atoms with Crippen LogP contribution in [0, 0.1) is 6.92 Å². The number of pyridine rings is 1. The van der Waals surface area contributed by atoms with Crippen LogP contribution >= 0.6 is 0 Å². The van der Waals surface area contributed by atoms with E-state index < -0.39 is 23.5 Å². The number of aliphatic hydroxyl groups is 1. The number of amides is 1. The van der Waals surface area contributed by atoms with E-state index in [-0.39, 0.29) is 11.3 Å². The molecule has 0 aliphatic carbocycles. The molecule has 29 heavy (non-hydrogen) atoms. The molecule has 0 saturated carbocycles. The quantitative estimate of drug-likeness (QED) is 0.630. The number of hydrogen-bond donors (Lipinski definition) is 2. The molecule has 0 fully saturated rings. The Labute approximate surface area is 170 Å². The fraction of sp³-hybridized carbons (Fsp3) is 0.409. The van der Waals surface area contributed by atoms with E-state index in [0.717, 1.165) is 31.6 Å². The first-order valence-electron chi connectivity index (χ1n) is 10.1. The van der Waals surface area contributed by atoms with Crippen LogP contribution in [0.3, 0.4) is 0 Å². The first kappa shape index (κ1) is 20.8. The van der Waals surface area contributed by atoms with Crippen LogP contribution in [0.4, 0.5) is 0 Å². The first-order chi connectivity index (χ1) is 14.0. The van der Waals surface area contributed by atoms with Crippen molar-refractivity contribution in [1.82, 2.24) is 9.88 Å². The maximum atomic E-state index is 13.1. The lowest BCUT2D eigenvalue weighted by Crippen LogP contribution is -3.11. The van der Waals surface area contributed by atoms with Crippen LogP contribution in [0.2, 0.25) is 0 Å². The maximum Gasteiger partial charge on any atom is 0.290 e. The SMILES string of the molecule is CC[NH+](CC)CCCN1C(=O)C(O)=C(C(=O)c2ccc(C)o2)[C@H]1c1ccncc1. The summed E-state index contributed by atoms with van der Waals surface area (Å²) in [6, 6.07) is 6.13. The van der Waals surface area contributed by atoms with Gasteiger partial charge in [0, 0.05) is 25.4 Å². The van der Waals surface area contributed by atoms with E-state index in [1.165, 1.54) is 4.90 Å². The molecule has 1 aliphatic rings. The normalized spacial score (nSPS) is 16.9. The number of furan rings is 1. The number of nitrogens with one attached hydrogen (secondary N) is 1. The standard InChI is InChI=1S/C22H27N3O4/c1-4-24(5-2)13-6-14-25-19(16-9-11-23-12-10-16)18(21(27)22(25)28)20(26)17-8-7-15(3)29-17/h7-12,19,27H,4-6,13-14H2,1-3H3/p+1/t19-/m1/s1. The third kappa shape index (κ3) is 4.24. The number of ketones is 1. The van der Waals surface area contributed by atoms with E-state index in [2.05, 4.69) is 18.8 Å². The van der Waals surface area contributed by atoms with E-state index in [9.17, 15) is 14.7 Å².